The summed E-state index contributed by atoms with van der Waals surface area (Å²) in [4.78, 5) is 15.0. The lowest BCUT2D eigenvalue weighted by molar-refractivity contribution is 0.660. The molecule has 0 amide bonds. The third-order valence-corrected chi connectivity index (χ3v) is 10.2. The predicted octanol–water partition coefficient (Wildman–Crippen LogP) is 11.5. The summed E-state index contributed by atoms with van der Waals surface area (Å²) in [7, 11) is 0. The van der Waals surface area contributed by atoms with Gasteiger partial charge in [0, 0.05) is 22.1 Å². The zero-order chi connectivity index (χ0) is 34.5. The summed E-state index contributed by atoms with van der Waals surface area (Å²) in [6.07, 6.45) is 0. The molecule has 0 N–H and O–H groups in total. The monoisotopic (exact) mass is 652 g/mol. The van der Waals surface area contributed by atoms with Crippen LogP contribution in [-0.4, -0.2) is 15.0 Å². The van der Waals surface area contributed by atoms with Crippen molar-refractivity contribution in [2.45, 2.75) is 19.3 Å². The highest BCUT2D eigenvalue weighted by Crippen LogP contribution is 2.52. The van der Waals surface area contributed by atoms with Crippen molar-refractivity contribution in [3.63, 3.8) is 0 Å². The Morgan fingerprint density at radius 1 is 0.431 bits per heavy atom. The molecule has 0 saturated heterocycles. The number of benzene rings is 7. The summed E-state index contributed by atoms with van der Waals surface area (Å²) in [5.41, 5.74) is 12.8. The maximum Gasteiger partial charge on any atom is 0.164 e. The second-order valence-corrected chi connectivity index (χ2v) is 13.6. The van der Waals surface area contributed by atoms with E-state index < -0.39 is 0 Å². The van der Waals surface area contributed by atoms with E-state index in [9.17, 15) is 5.26 Å². The van der Waals surface area contributed by atoms with Gasteiger partial charge in [0.05, 0.1) is 11.6 Å². The van der Waals surface area contributed by atoms with E-state index in [0.717, 1.165) is 38.8 Å². The SMILES string of the molecule is CC1(C)c2cc(C#N)ccc2-c2c(-c3ccc(-c4cccc(-c5nc(-c6ccccc6)nc(-c6ccc7ccccc7c6)n5)c4)cc3)cccc21. The molecular weight excluding hydrogens is 621 g/mol. The second-order valence-electron chi connectivity index (χ2n) is 13.6. The van der Waals surface area contributed by atoms with E-state index in [1.165, 1.54) is 33.2 Å². The van der Waals surface area contributed by atoms with E-state index in [1.54, 1.807) is 0 Å². The molecule has 1 heterocycles. The van der Waals surface area contributed by atoms with Crippen LogP contribution in [0.2, 0.25) is 0 Å². The van der Waals surface area contributed by atoms with Crippen LogP contribution < -0.4 is 0 Å². The molecule has 0 atom stereocenters. The van der Waals surface area contributed by atoms with Crippen molar-refractivity contribution in [2.75, 3.05) is 0 Å². The fraction of sp³-hybridized carbons (Fsp3) is 0.0638. The first-order valence-electron chi connectivity index (χ1n) is 17.2. The number of fused-ring (bicyclic) bond motifs is 4. The Hall–Kier alpha value is -6.70. The van der Waals surface area contributed by atoms with Gasteiger partial charge in [-0.2, -0.15) is 5.26 Å². The summed E-state index contributed by atoms with van der Waals surface area (Å²) in [6, 6.07) is 57.0. The smallest absolute Gasteiger partial charge is 0.164 e. The van der Waals surface area contributed by atoms with Crippen molar-refractivity contribution >= 4 is 10.8 Å². The number of aromatic nitrogens is 3. The van der Waals surface area contributed by atoms with Crippen LogP contribution >= 0.6 is 0 Å². The minimum atomic E-state index is -0.183. The molecule has 0 aliphatic heterocycles. The van der Waals surface area contributed by atoms with E-state index in [0.29, 0.717) is 23.0 Å². The quantitative estimate of drug-likeness (QED) is 0.186. The predicted molar refractivity (Wildman–Crippen MR) is 207 cm³/mol. The van der Waals surface area contributed by atoms with E-state index in [-0.39, 0.29) is 5.41 Å². The molecule has 4 heteroatoms. The number of nitriles is 1. The van der Waals surface area contributed by atoms with Gasteiger partial charge in [-0.1, -0.05) is 147 Å². The maximum atomic E-state index is 9.58. The standard InChI is InChI=1S/C47H32N4/c1-47(2)41-17-9-16-39(43(41)40-25-18-30(29-48)26-42(40)47)33-22-19-32(20-23-33)36-14-8-15-37(27-36)45-49-44(34-11-4-3-5-12-34)50-46(51-45)38-24-21-31-10-6-7-13-35(31)28-38/h3-28H,1-2H3. The molecule has 51 heavy (non-hydrogen) atoms. The third kappa shape index (κ3) is 5.28. The van der Waals surface area contributed by atoms with Gasteiger partial charge in [0.15, 0.2) is 17.5 Å². The van der Waals surface area contributed by atoms with Gasteiger partial charge in [-0.25, -0.2) is 15.0 Å². The molecule has 0 saturated carbocycles. The molecule has 0 unspecified atom stereocenters. The maximum absolute atomic E-state index is 9.58. The second kappa shape index (κ2) is 12.0. The fourth-order valence-corrected chi connectivity index (χ4v) is 7.46. The first-order valence-corrected chi connectivity index (χ1v) is 17.2. The number of hydrogen-bond acceptors (Lipinski definition) is 4. The summed E-state index contributed by atoms with van der Waals surface area (Å²) in [6.45, 7) is 4.50. The van der Waals surface area contributed by atoms with Crippen LogP contribution in [-0.2, 0) is 5.41 Å². The van der Waals surface area contributed by atoms with Gasteiger partial charge in [0.25, 0.3) is 0 Å². The fourth-order valence-electron chi connectivity index (χ4n) is 7.46. The molecule has 1 aliphatic carbocycles. The largest absolute Gasteiger partial charge is 0.208 e. The zero-order valence-electron chi connectivity index (χ0n) is 28.3. The average molecular weight is 653 g/mol. The van der Waals surface area contributed by atoms with E-state index in [4.69, 9.17) is 15.0 Å². The van der Waals surface area contributed by atoms with Gasteiger partial charge in [-0.3, -0.25) is 0 Å². The van der Waals surface area contributed by atoms with Crippen molar-refractivity contribution in [1.82, 2.24) is 15.0 Å². The van der Waals surface area contributed by atoms with E-state index >= 15 is 0 Å². The van der Waals surface area contributed by atoms with Crippen molar-refractivity contribution < 1.29 is 0 Å². The Balaban J connectivity index is 1.10. The minimum Gasteiger partial charge on any atom is -0.208 e. The first kappa shape index (κ1) is 30.4. The summed E-state index contributed by atoms with van der Waals surface area (Å²) < 4.78 is 0. The average Bonchev–Trinajstić information content (AvgIpc) is 3.43. The normalized spacial score (nSPS) is 12.6. The van der Waals surface area contributed by atoms with Crippen LogP contribution in [0.3, 0.4) is 0 Å². The summed E-state index contributed by atoms with van der Waals surface area (Å²) >= 11 is 0. The van der Waals surface area contributed by atoms with Crippen molar-refractivity contribution in [3.05, 3.63) is 174 Å². The van der Waals surface area contributed by atoms with Crippen LogP contribution in [0.25, 0.3) is 78.3 Å². The molecule has 8 aromatic rings. The van der Waals surface area contributed by atoms with Crippen LogP contribution in [0.1, 0.15) is 30.5 Å². The van der Waals surface area contributed by atoms with Gasteiger partial charge in [0.2, 0.25) is 0 Å². The van der Waals surface area contributed by atoms with Crippen LogP contribution in [0.4, 0.5) is 0 Å². The highest BCUT2D eigenvalue weighted by Gasteiger charge is 2.37. The molecule has 1 aliphatic rings. The van der Waals surface area contributed by atoms with Crippen molar-refractivity contribution in [3.8, 4) is 73.6 Å². The van der Waals surface area contributed by atoms with Gasteiger partial charge >= 0.3 is 0 Å². The van der Waals surface area contributed by atoms with Crippen molar-refractivity contribution in [2.24, 2.45) is 0 Å². The molecule has 4 nitrogen and oxygen atoms in total. The Morgan fingerprint density at radius 3 is 1.80 bits per heavy atom. The lowest BCUT2D eigenvalue weighted by Crippen LogP contribution is -2.15. The summed E-state index contributed by atoms with van der Waals surface area (Å²) in [5, 5.41) is 11.9. The molecule has 7 aromatic carbocycles. The van der Waals surface area contributed by atoms with Crippen LogP contribution in [0.15, 0.2) is 158 Å². The van der Waals surface area contributed by atoms with Gasteiger partial charge in [-0.05, 0) is 79.5 Å². The highest BCUT2D eigenvalue weighted by molar-refractivity contribution is 5.93. The highest BCUT2D eigenvalue weighted by atomic mass is 15.0. The molecule has 1 aromatic heterocycles. The Labute approximate surface area is 297 Å². The first-order chi connectivity index (χ1) is 25.0. The van der Waals surface area contributed by atoms with E-state index in [2.05, 4.69) is 141 Å². The molecule has 9 rings (SSSR count). The van der Waals surface area contributed by atoms with Crippen LogP contribution in [0, 0.1) is 11.3 Å². The molecule has 0 bridgehead atoms. The van der Waals surface area contributed by atoms with E-state index in [1.807, 2.05) is 36.4 Å². The Morgan fingerprint density at radius 2 is 1.04 bits per heavy atom. The lowest BCUT2D eigenvalue weighted by atomic mass is 9.81. The third-order valence-electron chi connectivity index (χ3n) is 10.2. The Bertz CT molecular complexity index is 2670. The van der Waals surface area contributed by atoms with Crippen LogP contribution in [0.5, 0.6) is 0 Å². The van der Waals surface area contributed by atoms with Gasteiger partial charge in [0.1, 0.15) is 0 Å². The number of nitrogens with zero attached hydrogens (tertiary/aromatic N) is 4. The zero-order valence-corrected chi connectivity index (χ0v) is 28.3. The lowest BCUT2D eigenvalue weighted by Gasteiger charge is -2.21. The topological polar surface area (TPSA) is 62.5 Å². The Kier molecular flexibility index (Phi) is 7.15. The minimum absolute atomic E-state index is 0.183. The molecule has 0 radical (unpaired) electrons. The molecular formula is C47H32N4. The number of hydrogen-bond donors (Lipinski definition) is 0. The van der Waals surface area contributed by atoms with Gasteiger partial charge < -0.3 is 0 Å². The summed E-state index contributed by atoms with van der Waals surface area (Å²) in [5.74, 6) is 1.91. The molecule has 240 valence electrons. The molecule has 0 fully saturated rings. The molecule has 0 spiro atoms. The van der Waals surface area contributed by atoms with Crippen molar-refractivity contribution in [1.29, 1.82) is 5.26 Å². The van der Waals surface area contributed by atoms with Gasteiger partial charge in [-0.15, -0.1) is 0 Å². The number of rotatable bonds is 5.